The average molecular weight is 285 g/mol. The Morgan fingerprint density at radius 2 is 2.06 bits per heavy atom. The quantitative estimate of drug-likeness (QED) is 0.638. The van der Waals surface area contributed by atoms with Crippen molar-refractivity contribution in [1.82, 2.24) is 10.5 Å². The first-order valence-electron chi connectivity index (χ1n) is 4.96. The van der Waals surface area contributed by atoms with Gasteiger partial charge in [0.2, 0.25) is 5.88 Å². The molecule has 0 radical (unpaired) electrons. The molecule has 0 fully saturated rings. The molecule has 1 N–H and O–H groups in total. The first-order chi connectivity index (χ1) is 8.33. The molecule has 0 aliphatic carbocycles. The van der Waals surface area contributed by atoms with Gasteiger partial charge >= 0.3 is 6.18 Å². The van der Waals surface area contributed by atoms with E-state index in [-0.39, 0.29) is 6.54 Å². The largest absolute Gasteiger partial charge is 0.480 e. The maximum Gasteiger partial charge on any atom is 0.413 e. The molecule has 0 aromatic carbocycles. The summed E-state index contributed by atoms with van der Waals surface area (Å²) < 4.78 is 40.5. The third-order valence-electron chi connectivity index (χ3n) is 1.80. The van der Waals surface area contributed by atoms with Crippen molar-refractivity contribution in [1.29, 1.82) is 0 Å². The predicted octanol–water partition coefficient (Wildman–Crippen LogP) is 1.80. The van der Waals surface area contributed by atoms with Crippen molar-refractivity contribution < 1.29 is 22.7 Å². The minimum atomic E-state index is -4.35. The summed E-state index contributed by atoms with van der Waals surface area (Å²) in [4.78, 5) is 10.9. The molecule has 0 unspecified atom stereocenters. The predicted molar refractivity (Wildman–Crippen MR) is 61.8 cm³/mol. The molecular formula is C9H14F3N3O2S. The number of rotatable bonds is 6. The second-order valence-electron chi connectivity index (χ2n) is 3.55. The molecule has 0 saturated heterocycles. The number of methoxy groups -OCH3 is 1. The van der Waals surface area contributed by atoms with Crippen LogP contribution in [0.1, 0.15) is 4.88 Å². The van der Waals surface area contributed by atoms with Crippen LogP contribution in [0.5, 0.6) is 5.88 Å². The number of thiazole rings is 1. The summed E-state index contributed by atoms with van der Waals surface area (Å²) in [7, 11) is 5.08. The number of hydroxylamine groups is 1. The van der Waals surface area contributed by atoms with Crippen molar-refractivity contribution in [2.24, 2.45) is 0 Å². The molecule has 18 heavy (non-hydrogen) atoms. The van der Waals surface area contributed by atoms with Gasteiger partial charge in [-0.05, 0) is 0 Å². The number of anilines is 1. The van der Waals surface area contributed by atoms with Crippen LogP contribution in [0.15, 0.2) is 0 Å². The molecule has 1 rings (SSSR count). The second kappa shape index (κ2) is 6.21. The van der Waals surface area contributed by atoms with Gasteiger partial charge < -0.3 is 9.64 Å². The van der Waals surface area contributed by atoms with E-state index in [1.165, 1.54) is 18.4 Å². The maximum atomic E-state index is 11.8. The Kier molecular flexibility index (Phi) is 5.17. The van der Waals surface area contributed by atoms with Crippen LogP contribution in [0.25, 0.3) is 0 Å². The van der Waals surface area contributed by atoms with Gasteiger partial charge in [-0.15, -0.1) is 0 Å². The Labute approximate surface area is 106 Å². The van der Waals surface area contributed by atoms with Gasteiger partial charge in [0.05, 0.1) is 18.5 Å². The lowest BCUT2D eigenvalue weighted by Gasteiger charge is -2.07. The van der Waals surface area contributed by atoms with Crippen LogP contribution >= 0.6 is 11.3 Å². The molecule has 0 amide bonds. The van der Waals surface area contributed by atoms with Crippen molar-refractivity contribution >= 4 is 16.5 Å². The average Bonchev–Trinajstić information content (AvgIpc) is 2.66. The molecule has 5 nitrogen and oxygen atoms in total. The van der Waals surface area contributed by atoms with E-state index in [9.17, 15) is 13.2 Å². The monoisotopic (exact) mass is 285 g/mol. The lowest BCUT2D eigenvalue weighted by molar-refractivity contribution is -0.190. The number of nitrogens with zero attached hydrogens (tertiary/aromatic N) is 2. The van der Waals surface area contributed by atoms with Crippen molar-refractivity contribution in [3.63, 3.8) is 0 Å². The van der Waals surface area contributed by atoms with E-state index >= 15 is 0 Å². The number of ether oxygens (including phenoxy) is 1. The Bertz CT molecular complexity index is 382. The first kappa shape index (κ1) is 15.0. The molecule has 1 aromatic heterocycles. The lowest BCUT2D eigenvalue weighted by Crippen LogP contribution is -2.24. The maximum absolute atomic E-state index is 11.8. The minimum absolute atomic E-state index is 0.102. The zero-order valence-electron chi connectivity index (χ0n) is 10.2. The molecule has 0 atom stereocenters. The van der Waals surface area contributed by atoms with Crippen LogP contribution in [0.2, 0.25) is 0 Å². The Morgan fingerprint density at radius 1 is 1.39 bits per heavy atom. The first-order valence-corrected chi connectivity index (χ1v) is 5.77. The molecule has 1 aromatic rings. The number of alkyl halides is 3. The van der Waals surface area contributed by atoms with Crippen LogP contribution in [-0.4, -0.2) is 39.0 Å². The second-order valence-corrected chi connectivity index (χ2v) is 4.61. The van der Waals surface area contributed by atoms with Crippen LogP contribution < -0.4 is 15.1 Å². The van der Waals surface area contributed by atoms with E-state index in [1.54, 1.807) is 4.90 Å². The van der Waals surface area contributed by atoms with Crippen molar-refractivity contribution in [3.05, 3.63) is 4.88 Å². The lowest BCUT2D eigenvalue weighted by atomic mass is 10.5. The molecular weight excluding hydrogens is 271 g/mol. The number of halogens is 3. The van der Waals surface area contributed by atoms with E-state index in [1.807, 2.05) is 14.1 Å². The van der Waals surface area contributed by atoms with Gasteiger partial charge in [0.25, 0.3) is 0 Å². The van der Waals surface area contributed by atoms with E-state index < -0.39 is 12.8 Å². The van der Waals surface area contributed by atoms with Gasteiger partial charge in [-0.2, -0.15) is 23.6 Å². The topological polar surface area (TPSA) is 46.6 Å². The Balaban J connectivity index is 2.51. The van der Waals surface area contributed by atoms with E-state index in [4.69, 9.17) is 4.74 Å². The van der Waals surface area contributed by atoms with Crippen LogP contribution in [-0.2, 0) is 11.4 Å². The summed E-state index contributed by atoms with van der Waals surface area (Å²) in [6.45, 7) is -1.24. The third-order valence-corrected chi connectivity index (χ3v) is 3.00. The highest BCUT2D eigenvalue weighted by atomic mass is 32.1. The normalized spacial score (nSPS) is 11.7. The highest BCUT2D eigenvalue weighted by Crippen LogP contribution is 2.30. The molecule has 104 valence electrons. The van der Waals surface area contributed by atoms with Crippen molar-refractivity contribution in [2.45, 2.75) is 12.7 Å². The van der Waals surface area contributed by atoms with E-state index in [0.29, 0.717) is 15.9 Å². The molecule has 0 spiro atoms. The summed E-state index contributed by atoms with van der Waals surface area (Å²) in [5, 5.41) is 0.708. The molecule has 1 heterocycles. The van der Waals surface area contributed by atoms with Gasteiger partial charge in [-0.1, -0.05) is 11.3 Å². The summed E-state index contributed by atoms with van der Waals surface area (Å²) in [6, 6.07) is 0. The smallest absolute Gasteiger partial charge is 0.413 e. The molecule has 0 saturated carbocycles. The highest BCUT2D eigenvalue weighted by Gasteiger charge is 2.27. The Morgan fingerprint density at radius 3 is 2.56 bits per heavy atom. The number of hydrogen-bond acceptors (Lipinski definition) is 6. The van der Waals surface area contributed by atoms with Gasteiger partial charge in [-0.25, -0.2) is 0 Å². The van der Waals surface area contributed by atoms with Gasteiger partial charge in [0, 0.05) is 14.1 Å². The number of nitrogens with one attached hydrogen (secondary N) is 1. The fraction of sp³-hybridized carbons (Fsp3) is 0.667. The fourth-order valence-corrected chi connectivity index (χ4v) is 1.92. The zero-order chi connectivity index (χ0) is 13.8. The van der Waals surface area contributed by atoms with Crippen LogP contribution in [0.3, 0.4) is 0 Å². The van der Waals surface area contributed by atoms with E-state index in [2.05, 4.69) is 15.3 Å². The molecule has 0 aliphatic heterocycles. The summed E-state index contributed by atoms with van der Waals surface area (Å²) in [5.74, 6) is 0.381. The zero-order valence-corrected chi connectivity index (χ0v) is 11.0. The van der Waals surface area contributed by atoms with Gasteiger partial charge in [-0.3, -0.25) is 4.84 Å². The number of aromatic nitrogens is 1. The molecule has 9 heteroatoms. The SMILES string of the molecule is COc1nc(N(C)C)sc1CNOCC(F)(F)F. The summed E-state index contributed by atoms with van der Waals surface area (Å²) >= 11 is 1.32. The number of hydrogen-bond donors (Lipinski definition) is 1. The molecule has 0 aliphatic rings. The van der Waals surface area contributed by atoms with Gasteiger partial charge in [0.1, 0.15) is 0 Å². The fourth-order valence-electron chi connectivity index (χ4n) is 1.04. The van der Waals surface area contributed by atoms with Crippen LogP contribution in [0.4, 0.5) is 18.3 Å². The standard InChI is InChI=1S/C9H14F3N3O2S/c1-15(2)8-14-7(16-3)6(18-8)4-13-17-5-9(10,11)12/h13H,4-5H2,1-3H3. The highest BCUT2D eigenvalue weighted by molar-refractivity contribution is 7.15. The van der Waals surface area contributed by atoms with Gasteiger partial charge in [0.15, 0.2) is 11.7 Å². The van der Waals surface area contributed by atoms with Crippen LogP contribution in [0, 0.1) is 0 Å². The Hall–Kier alpha value is -1.06. The van der Waals surface area contributed by atoms with Crippen molar-refractivity contribution in [2.75, 3.05) is 32.7 Å². The summed E-state index contributed by atoms with van der Waals surface area (Å²) in [5.41, 5.74) is 2.24. The molecule has 0 bridgehead atoms. The third kappa shape index (κ3) is 4.67. The summed E-state index contributed by atoms with van der Waals surface area (Å²) in [6.07, 6.45) is -4.35. The minimum Gasteiger partial charge on any atom is -0.480 e. The van der Waals surface area contributed by atoms with E-state index in [0.717, 1.165) is 0 Å². The van der Waals surface area contributed by atoms with Crippen molar-refractivity contribution in [3.8, 4) is 5.88 Å².